The van der Waals surface area contributed by atoms with Crippen LogP contribution in [0.5, 0.6) is 5.75 Å². The van der Waals surface area contributed by atoms with Crippen LogP contribution in [-0.2, 0) is 9.47 Å². The first-order chi connectivity index (χ1) is 9.47. The van der Waals surface area contributed by atoms with Crippen molar-refractivity contribution in [3.8, 4) is 5.75 Å². The fourth-order valence-corrected chi connectivity index (χ4v) is 2.37. The lowest BCUT2D eigenvalue weighted by Gasteiger charge is -2.43. The molecule has 5 heteroatoms. The molecular weight excluding hydrogens is 260 g/mol. The minimum absolute atomic E-state index is 0.330. The van der Waals surface area contributed by atoms with E-state index in [2.05, 4.69) is 0 Å². The molecule has 0 saturated carbocycles. The van der Waals surface area contributed by atoms with Crippen LogP contribution in [0.3, 0.4) is 0 Å². The lowest BCUT2D eigenvalue weighted by molar-refractivity contribution is -0.286. The van der Waals surface area contributed by atoms with Crippen LogP contribution in [0.15, 0.2) is 24.3 Å². The molecule has 20 heavy (non-hydrogen) atoms. The van der Waals surface area contributed by atoms with Crippen LogP contribution >= 0.6 is 0 Å². The van der Waals surface area contributed by atoms with Gasteiger partial charge in [-0.3, -0.25) is 0 Å². The van der Waals surface area contributed by atoms with Crippen LogP contribution in [0.1, 0.15) is 25.7 Å². The van der Waals surface area contributed by atoms with E-state index in [0.717, 1.165) is 11.3 Å². The number of benzene rings is 1. The molecule has 1 aliphatic rings. The molecule has 1 aromatic carbocycles. The third kappa shape index (κ3) is 3.12. The number of aliphatic hydroxyl groups excluding tert-OH is 2. The standard InChI is InChI=1S/C15H22O5/c1-15(2)9-19-14(20-13(15)12(17)8-16)10-4-6-11(18-3)7-5-10/h4-7,12-14,16-17H,8-9H2,1-3H3/t12-,13-,14+/m0/s1. The predicted octanol–water partition coefficient (Wildman–Crippen LogP) is 1.49. The molecule has 0 amide bonds. The average molecular weight is 282 g/mol. The summed E-state index contributed by atoms with van der Waals surface area (Å²) in [7, 11) is 1.61. The highest BCUT2D eigenvalue weighted by atomic mass is 16.7. The molecule has 0 bridgehead atoms. The minimum Gasteiger partial charge on any atom is -0.497 e. The highest BCUT2D eigenvalue weighted by Gasteiger charge is 2.42. The van der Waals surface area contributed by atoms with Gasteiger partial charge in [0.2, 0.25) is 0 Å². The first kappa shape index (κ1) is 15.3. The number of ether oxygens (including phenoxy) is 3. The maximum absolute atomic E-state index is 9.91. The fraction of sp³-hybridized carbons (Fsp3) is 0.600. The Hall–Kier alpha value is -1.14. The van der Waals surface area contributed by atoms with Gasteiger partial charge >= 0.3 is 0 Å². The zero-order chi connectivity index (χ0) is 14.8. The third-order valence-corrected chi connectivity index (χ3v) is 3.57. The number of hydrogen-bond acceptors (Lipinski definition) is 5. The molecule has 1 aromatic rings. The Balaban J connectivity index is 2.14. The van der Waals surface area contributed by atoms with Crippen LogP contribution < -0.4 is 4.74 Å². The summed E-state index contributed by atoms with van der Waals surface area (Å²) in [6, 6.07) is 7.40. The van der Waals surface area contributed by atoms with Crippen molar-refractivity contribution in [3.63, 3.8) is 0 Å². The Morgan fingerprint density at radius 1 is 1.35 bits per heavy atom. The maximum atomic E-state index is 9.91. The van der Waals surface area contributed by atoms with E-state index in [4.69, 9.17) is 19.3 Å². The van der Waals surface area contributed by atoms with Crippen LogP contribution in [0, 0.1) is 5.41 Å². The van der Waals surface area contributed by atoms with Gasteiger partial charge in [0.15, 0.2) is 6.29 Å². The summed E-state index contributed by atoms with van der Waals surface area (Å²) in [6.07, 6.45) is -1.94. The molecule has 112 valence electrons. The third-order valence-electron chi connectivity index (χ3n) is 3.57. The lowest BCUT2D eigenvalue weighted by Crippen LogP contribution is -2.50. The van der Waals surface area contributed by atoms with Gasteiger partial charge < -0.3 is 24.4 Å². The average Bonchev–Trinajstić information content (AvgIpc) is 2.46. The van der Waals surface area contributed by atoms with Gasteiger partial charge in [-0.2, -0.15) is 0 Å². The van der Waals surface area contributed by atoms with E-state index in [-0.39, 0.29) is 12.0 Å². The van der Waals surface area contributed by atoms with Gasteiger partial charge in [-0.1, -0.05) is 26.0 Å². The van der Waals surface area contributed by atoms with E-state index in [1.807, 2.05) is 38.1 Å². The van der Waals surface area contributed by atoms with Crippen molar-refractivity contribution in [2.75, 3.05) is 20.3 Å². The summed E-state index contributed by atoms with van der Waals surface area (Å²) in [6.45, 7) is 4.01. The van der Waals surface area contributed by atoms with Gasteiger partial charge in [-0.15, -0.1) is 0 Å². The Bertz CT molecular complexity index is 428. The fourth-order valence-electron chi connectivity index (χ4n) is 2.37. The number of hydrogen-bond donors (Lipinski definition) is 2. The highest BCUT2D eigenvalue weighted by Crippen LogP contribution is 2.38. The Labute approximate surface area is 119 Å². The molecule has 3 atom stereocenters. The number of rotatable bonds is 4. The second-order valence-electron chi connectivity index (χ2n) is 5.71. The van der Waals surface area contributed by atoms with Gasteiger partial charge in [-0.25, -0.2) is 0 Å². The zero-order valence-corrected chi connectivity index (χ0v) is 12.1. The summed E-state index contributed by atoms with van der Waals surface area (Å²) in [5.74, 6) is 0.761. The van der Waals surface area contributed by atoms with Crippen LogP contribution in [0.25, 0.3) is 0 Å². The first-order valence-corrected chi connectivity index (χ1v) is 6.68. The molecular formula is C15H22O5. The topological polar surface area (TPSA) is 68.2 Å². The second-order valence-corrected chi connectivity index (χ2v) is 5.71. The van der Waals surface area contributed by atoms with Crippen molar-refractivity contribution in [1.82, 2.24) is 0 Å². The molecule has 0 spiro atoms. The molecule has 2 rings (SSSR count). The van der Waals surface area contributed by atoms with E-state index in [1.165, 1.54) is 0 Å². The molecule has 0 unspecified atom stereocenters. The molecule has 1 saturated heterocycles. The largest absolute Gasteiger partial charge is 0.497 e. The molecule has 5 nitrogen and oxygen atoms in total. The van der Waals surface area contributed by atoms with Crippen molar-refractivity contribution in [3.05, 3.63) is 29.8 Å². The lowest BCUT2D eigenvalue weighted by atomic mass is 9.83. The van der Waals surface area contributed by atoms with Crippen LogP contribution in [-0.4, -0.2) is 42.7 Å². The number of aliphatic hydroxyl groups is 2. The highest BCUT2D eigenvalue weighted by molar-refractivity contribution is 5.28. The van der Waals surface area contributed by atoms with Gasteiger partial charge in [0.1, 0.15) is 11.9 Å². The van der Waals surface area contributed by atoms with Crippen molar-refractivity contribution >= 4 is 0 Å². The van der Waals surface area contributed by atoms with Crippen LogP contribution in [0.4, 0.5) is 0 Å². The van der Waals surface area contributed by atoms with Crippen molar-refractivity contribution in [2.45, 2.75) is 32.3 Å². The first-order valence-electron chi connectivity index (χ1n) is 6.68. The molecule has 1 heterocycles. The SMILES string of the molecule is COc1ccc([C@@H]2OCC(C)(C)[C@H]([C@@H](O)CO)O2)cc1. The van der Waals surface area contributed by atoms with Crippen molar-refractivity contribution < 1.29 is 24.4 Å². The quantitative estimate of drug-likeness (QED) is 0.875. The summed E-state index contributed by atoms with van der Waals surface area (Å²) >= 11 is 0. The van der Waals surface area contributed by atoms with E-state index in [0.29, 0.717) is 6.61 Å². The molecule has 0 aliphatic carbocycles. The van der Waals surface area contributed by atoms with Crippen molar-refractivity contribution in [2.24, 2.45) is 5.41 Å². The van der Waals surface area contributed by atoms with E-state index in [9.17, 15) is 5.11 Å². The number of methoxy groups -OCH3 is 1. The molecule has 0 aromatic heterocycles. The van der Waals surface area contributed by atoms with Gasteiger partial charge in [0, 0.05) is 11.0 Å². The van der Waals surface area contributed by atoms with E-state index >= 15 is 0 Å². The summed E-state index contributed by atoms with van der Waals surface area (Å²) in [5.41, 5.74) is 0.502. The monoisotopic (exact) mass is 282 g/mol. The predicted molar refractivity (Wildman–Crippen MR) is 73.4 cm³/mol. The summed E-state index contributed by atoms with van der Waals surface area (Å²) in [5, 5.41) is 19.1. The second kappa shape index (κ2) is 6.10. The van der Waals surface area contributed by atoms with Crippen molar-refractivity contribution in [1.29, 1.82) is 0 Å². The molecule has 2 N–H and O–H groups in total. The summed E-state index contributed by atoms with van der Waals surface area (Å²) < 4.78 is 16.7. The Morgan fingerprint density at radius 3 is 2.55 bits per heavy atom. The van der Waals surface area contributed by atoms with Gasteiger partial charge in [-0.05, 0) is 12.1 Å². The van der Waals surface area contributed by atoms with E-state index in [1.54, 1.807) is 7.11 Å². The normalized spacial score (nSPS) is 27.1. The maximum Gasteiger partial charge on any atom is 0.184 e. The molecule has 1 fully saturated rings. The zero-order valence-electron chi connectivity index (χ0n) is 12.1. The summed E-state index contributed by atoms with van der Waals surface area (Å²) in [4.78, 5) is 0. The Kier molecular flexibility index (Phi) is 4.65. The smallest absolute Gasteiger partial charge is 0.184 e. The van der Waals surface area contributed by atoms with Crippen LogP contribution in [0.2, 0.25) is 0 Å². The van der Waals surface area contributed by atoms with E-state index < -0.39 is 18.5 Å². The molecule has 1 aliphatic heterocycles. The van der Waals surface area contributed by atoms with Gasteiger partial charge in [0.25, 0.3) is 0 Å². The molecule has 0 radical (unpaired) electrons. The Morgan fingerprint density at radius 2 is 2.00 bits per heavy atom. The van der Waals surface area contributed by atoms with Gasteiger partial charge in [0.05, 0.1) is 26.4 Å². The minimum atomic E-state index is -0.922.